The van der Waals surface area contributed by atoms with Gasteiger partial charge in [-0.2, -0.15) is 13.2 Å². The molecule has 4 rings (SSSR count). The van der Waals surface area contributed by atoms with Crippen molar-refractivity contribution in [2.45, 2.75) is 20.0 Å². The Morgan fingerprint density at radius 2 is 2.00 bits per heavy atom. The lowest BCUT2D eigenvalue weighted by atomic mass is 10.1. The predicted molar refractivity (Wildman–Crippen MR) is 113 cm³/mol. The number of anilines is 1. The molecule has 0 amide bonds. The van der Waals surface area contributed by atoms with Crippen LogP contribution in [0.1, 0.15) is 13.8 Å². The van der Waals surface area contributed by atoms with Gasteiger partial charge in [0.25, 0.3) is 0 Å². The Bertz CT molecular complexity index is 894. The zero-order valence-electron chi connectivity index (χ0n) is 18.1. The number of hydrogen-bond donors (Lipinski definition) is 2. The van der Waals surface area contributed by atoms with E-state index in [1.807, 2.05) is 11.0 Å². The molecule has 1 aromatic heterocycles. The molecule has 0 spiro atoms. The number of piperazine rings is 1. The van der Waals surface area contributed by atoms with E-state index < -0.39 is 12.8 Å². The molecule has 0 aliphatic carbocycles. The van der Waals surface area contributed by atoms with Gasteiger partial charge in [0.2, 0.25) is 5.96 Å². The molecule has 1 fully saturated rings. The average molecular weight is 452 g/mol. The summed E-state index contributed by atoms with van der Waals surface area (Å²) >= 11 is 0. The summed E-state index contributed by atoms with van der Waals surface area (Å²) in [7, 11) is 0. The largest absolute Gasteiger partial charge is 0.411 e. The molecule has 2 N–H and O–H groups in total. The van der Waals surface area contributed by atoms with E-state index in [0.717, 1.165) is 49.2 Å². The normalized spacial score (nSPS) is 19.2. The summed E-state index contributed by atoms with van der Waals surface area (Å²) in [5, 5.41) is 5.13. The van der Waals surface area contributed by atoms with Crippen LogP contribution in [-0.4, -0.2) is 78.0 Å². The van der Waals surface area contributed by atoms with Crippen LogP contribution in [0.3, 0.4) is 0 Å². The van der Waals surface area contributed by atoms with Crippen molar-refractivity contribution in [3.05, 3.63) is 41.9 Å². The Morgan fingerprint density at radius 1 is 1.22 bits per heavy atom. The molecule has 0 unspecified atom stereocenters. The van der Waals surface area contributed by atoms with E-state index in [1.165, 1.54) is 6.33 Å². The number of ether oxygens (including phenoxy) is 1. The minimum atomic E-state index is -4.35. The average Bonchev–Trinajstić information content (AvgIpc) is 3.16. The van der Waals surface area contributed by atoms with E-state index in [-0.39, 0.29) is 19.1 Å². The van der Waals surface area contributed by atoms with Crippen molar-refractivity contribution < 1.29 is 17.9 Å². The highest BCUT2D eigenvalue weighted by Crippen LogP contribution is 2.36. The number of allylic oxidation sites excluding steroid dienone is 1. The number of fused-ring (bicyclic) bond motifs is 1. The fourth-order valence-corrected chi connectivity index (χ4v) is 3.81. The molecule has 4 heterocycles. The van der Waals surface area contributed by atoms with Crippen molar-refractivity contribution in [2.24, 2.45) is 10.9 Å². The second kappa shape index (κ2) is 9.33. The molecule has 3 aliphatic heterocycles. The number of nitrogens with one attached hydrogen (secondary N) is 2. The van der Waals surface area contributed by atoms with Crippen molar-refractivity contribution in [2.75, 3.05) is 50.8 Å². The summed E-state index contributed by atoms with van der Waals surface area (Å²) in [6.07, 6.45) is 0.581. The molecule has 32 heavy (non-hydrogen) atoms. The van der Waals surface area contributed by atoms with Crippen LogP contribution in [0, 0.1) is 5.92 Å². The Balaban J connectivity index is 1.65. The van der Waals surface area contributed by atoms with Crippen molar-refractivity contribution in [1.29, 1.82) is 0 Å². The quantitative estimate of drug-likeness (QED) is 0.631. The van der Waals surface area contributed by atoms with Gasteiger partial charge in [0.1, 0.15) is 24.4 Å². The predicted octanol–water partition coefficient (Wildman–Crippen LogP) is 1.67. The highest BCUT2D eigenvalue weighted by molar-refractivity contribution is 6.01. The Labute approximate surface area is 184 Å². The van der Waals surface area contributed by atoms with E-state index in [9.17, 15) is 13.2 Å². The summed E-state index contributed by atoms with van der Waals surface area (Å²) in [5.41, 5.74) is 5.94. The number of aliphatic imine (C=N–C) groups is 1. The summed E-state index contributed by atoms with van der Waals surface area (Å²) in [6, 6.07) is 1.82. The maximum atomic E-state index is 12.4. The SMILES string of the molecule is CC(C)C1=C2C(=CN=C(N3CCNCC3)N2c2ccncn2)N(CCOCC(F)(F)F)N1. The number of aromatic nitrogens is 2. The van der Waals surface area contributed by atoms with Gasteiger partial charge in [0.05, 0.1) is 30.7 Å². The van der Waals surface area contributed by atoms with Gasteiger partial charge < -0.3 is 15.0 Å². The molecule has 1 saturated heterocycles. The monoisotopic (exact) mass is 452 g/mol. The molecule has 9 nitrogen and oxygen atoms in total. The van der Waals surface area contributed by atoms with Crippen molar-refractivity contribution in [3.8, 4) is 0 Å². The zero-order chi connectivity index (χ0) is 22.7. The fraction of sp³-hybridized carbons (Fsp3) is 0.550. The molecule has 0 aromatic carbocycles. The van der Waals surface area contributed by atoms with Crippen LogP contribution in [0.4, 0.5) is 19.0 Å². The summed E-state index contributed by atoms with van der Waals surface area (Å²) < 4.78 is 42.1. The smallest absolute Gasteiger partial charge is 0.370 e. The van der Waals surface area contributed by atoms with Gasteiger partial charge in [-0.1, -0.05) is 13.8 Å². The second-order valence-electron chi connectivity index (χ2n) is 7.93. The lowest BCUT2D eigenvalue weighted by molar-refractivity contribution is -0.174. The van der Waals surface area contributed by atoms with E-state index in [4.69, 9.17) is 9.73 Å². The standard InChI is InChI=1S/C20H27F3N8O/c1-14(2)17-18-15(30(28-17)9-10-32-12-20(21,22)23)11-26-19(29-7-5-24-6-8-29)31(18)16-3-4-25-13-27-16/h3-4,11,13-14,24,28H,5-10,12H2,1-2H3. The molecular weight excluding hydrogens is 425 g/mol. The number of rotatable bonds is 6. The van der Waals surface area contributed by atoms with E-state index in [1.54, 1.807) is 17.4 Å². The van der Waals surface area contributed by atoms with Crippen LogP contribution in [0.5, 0.6) is 0 Å². The number of alkyl halides is 3. The summed E-state index contributed by atoms with van der Waals surface area (Å²) in [6.45, 7) is 6.31. The highest BCUT2D eigenvalue weighted by atomic mass is 19.4. The van der Waals surface area contributed by atoms with Gasteiger partial charge in [-0.3, -0.25) is 15.3 Å². The van der Waals surface area contributed by atoms with Gasteiger partial charge >= 0.3 is 6.18 Å². The fourth-order valence-electron chi connectivity index (χ4n) is 3.81. The molecule has 0 radical (unpaired) electrons. The zero-order valence-corrected chi connectivity index (χ0v) is 18.1. The maximum absolute atomic E-state index is 12.4. The molecule has 12 heteroatoms. The highest BCUT2D eigenvalue weighted by Gasteiger charge is 2.39. The Kier molecular flexibility index (Phi) is 6.51. The Morgan fingerprint density at radius 3 is 2.66 bits per heavy atom. The van der Waals surface area contributed by atoms with Crippen LogP contribution in [0.15, 0.2) is 46.9 Å². The lowest BCUT2D eigenvalue weighted by Crippen LogP contribution is -2.53. The van der Waals surface area contributed by atoms with Crippen LogP contribution in [0.2, 0.25) is 0 Å². The van der Waals surface area contributed by atoms with Crippen molar-refractivity contribution >= 4 is 11.8 Å². The first-order valence-corrected chi connectivity index (χ1v) is 10.6. The van der Waals surface area contributed by atoms with Crippen molar-refractivity contribution in [1.82, 2.24) is 30.6 Å². The third kappa shape index (κ3) is 4.80. The first kappa shape index (κ1) is 22.3. The molecule has 0 saturated carbocycles. The summed E-state index contributed by atoms with van der Waals surface area (Å²) in [4.78, 5) is 17.4. The van der Waals surface area contributed by atoms with Gasteiger partial charge in [0.15, 0.2) is 0 Å². The topological polar surface area (TPSA) is 81.2 Å². The maximum Gasteiger partial charge on any atom is 0.411 e. The van der Waals surface area contributed by atoms with Gasteiger partial charge in [0, 0.05) is 32.4 Å². The van der Waals surface area contributed by atoms with Crippen LogP contribution in [-0.2, 0) is 4.74 Å². The lowest BCUT2D eigenvalue weighted by Gasteiger charge is -2.38. The van der Waals surface area contributed by atoms with Crippen LogP contribution >= 0.6 is 0 Å². The molecule has 3 aliphatic rings. The molecule has 174 valence electrons. The minimum Gasteiger partial charge on any atom is -0.370 e. The molecular formula is C20H27F3N8O. The number of nitrogens with zero attached hydrogens (tertiary/aromatic N) is 6. The number of halogens is 3. The van der Waals surface area contributed by atoms with Gasteiger partial charge in [-0.25, -0.2) is 15.0 Å². The third-order valence-corrected chi connectivity index (χ3v) is 5.27. The van der Waals surface area contributed by atoms with Crippen LogP contribution in [0.25, 0.3) is 0 Å². The van der Waals surface area contributed by atoms with Gasteiger partial charge in [-0.05, 0) is 12.0 Å². The first-order valence-electron chi connectivity index (χ1n) is 10.6. The molecule has 0 bridgehead atoms. The van der Waals surface area contributed by atoms with Crippen LogP contribution < -0.4 is 15.6 Å². The third-order valence-electron chi connectivity index (χ3n) is 5.27. The minimum absolute atomic E-state index is 0.0790. The van der Waals surface area contributed by atoms with E-state index in [2.05, 4.69) is 39.5 Å². The van der Waals surface area contributed by atoms with Crippen molar-refractivity contribution in [3.63, 3.8) is 0 Å². The second-order valence-corrected chi connectivity index (χ2v) is 7.93. The molecule has 1 aromatic rings. The van der Waals surface area contributed by atoms with E-state index in [0.29, 0.717) is 5.82 Å². The van der Waals surface area contributed by atoms with Gasteiger partial charge in [-0.15, -0.1) is 0 Å². The molecule has 0 atom stereocenters. The number of hydrazine groups is 1. The first-order chi connectivity index (χ1) is 15.3. The number of guanidine groups is 1. The number of hydrogen-bond acceptors (Lipinski definition) is 9. The van der Waals surface area contributed by atoms with E-state index >= 15 is 0 Å². The Hall–Kier alpha value is -2.86. The summed E-state index contributed by atoms with van der Waals surface area (Å²) in [5.74, 6) is 1.56.